The van der Waals surface area contributed by atoms with Crippen molar-refractivity contribution in [3.05, 3.63) is 95.2 Å². The highest BCUT2D eigenvalue weighted by molar-refractivity contribution is 5.66. The van der Waals surface area contributed by atoms with E-state index in [0.29, 0.717) is 5.56 Å². The van der Waals surface area contributed by atoms with Gasteiger partial charge in [0.2, 0.25) is 0 Å². The maximum atomic E-state index is 8.96. The van der Waals surface area contributed by atoms with Crippen molar-refractivity contribution in [3.63, 3.8) is 0 Å². The topological polar surface area (TPSA) is 8.81 Å². The predicted molar refractivity (Wildman–Crippen MR) is 135 cm³/mol. The van der Waals surface area contributed by atoms with Crippen molar-refractivity contribution < 1.29 is 11.4 Å². The largest absolute Gasteiger partial charge is 0.294 e. The van der Waals surface area contributed by atoms with Crippen LogP contribution in [0.25, 0.3) is 28.3 Å². The Morgan fingerprint density at radius 3 is 2.09 bits per heavy atom. The number of aryl methyl sites for hydroxylation is 2. The molecule has 0 spiro atoms. The van der Waals surface area contributed by atoms with Gasteiger partial charge in [0, 0.05) is 23.5 Å². The van der Waals surface area contributed by atoms with Gasteiger partial charge in [-0.3, -0.25) is 0 Å². The van der Waals surface area contributed by atoms with Crippen molar-refractivity contribution in [3.8, 4) is 28.3 Å². The molecule has 0 saturated heterocycles. The monoisotopic (exact) mass is 428 g/mol. The fourth-order valence-electron chi connectivity index (χ4n) is 4.43. The van der Waals surface area contributed by atoms with E-state index in [1.54, 1.807) is 12.1 Å². The first-order valence-electron chi connectivity index (χ1n) is 13.5. The highest BCUT2D eigenvalue weighted by Crippen LogP contribution is 2.33. The minimum atomic E-state index is -2.19. The molecule has 0 amide bonds. The molecule has 4 aromatic rings. The SMILES string of the molecule is [2H]C([2H])([2H])c1ccc(-c2n(C)c(-c3ccccc3)c[n+]2-c2c(C([2H])(C)C)cccc2C([2H])(C)C)c(C)c1. The van der Waals surface area contributed by atoms with E-state index in [1.807, 2.05) is 84.1 Å². The molecule has 1 aromatic heterocycles. The van der Waals surface area contributed by atoms with Crippen LogP contribution in [0, 0.1) is 13.8 Å². The molecule has 2 nitrogen and oxygen atoms in total. The second-order valence-electron chi connectivity index (χ2n) is 8.86. The van der Waals surface area contributed by atoms with E-state index in [-0.39, 0.29) is 0 Å². The summed E-state index contributed by atoms with van der Waals surface area (Å²) in [5.74, 6) is -0.969. The van der Waals surface area contributed by atoms with Crippen molar-refractivity contribution in [1.29, 1.82) is 0 Å². The molecule has 0 bridgehead atoms. The minimum absolute atomic E-state index is 0.304. The van der Waals surface area contributed by atoms with Crippen LogP contribution in [0.4, 0.5) is 0 Å². The first kappa shape index (κ1) is 16.5. The summed E-state index contributed by atoms with van der Waals surface area (Å²) in [5, 5.41) is 0. The number of hydrogen-bond donors (Lipinski definition) is 0. The fourth-order valence-corrected chi connectivity index (χ4v) is 4.43. The molecule has 0 aliphatic heterocycles. The van der Waals surface area contributed by atoms with Gasteiger partial charge in [0.15, 0.2) is 5.69 Å². The van der Waals surface area contributed by atoms with Crippen molar-refractivity contribution in [1.82, 2.24) is 4.57 Å². The zero-order valence-electron chi connectivity index (χ0n) is 24.8. The molecule has 0 atom stereocenters. The smallest absolute Gasteiger partial charge is 0.225 e. The lowest BCUT2D eigenvalue weighted by Crippen LogP contribution is -2.35. The molecule has 32 heavy (non-hydrogen) atoms. The number of nitrogens with zero attached hydrogens (tertiary/aromatic N) is 2. The normalized spacial score (nSPS) is 14.9. The van der Waals surface area contributed by atoms with Gasteiger partial charge in [-0.05, 0) is 37.2 Å². The molecule has 0 N–H and O–H groups in total. The van der Waals surface area contributed by atoms with E-state index in [9.17, 15) is 0 Å². The second-order valence-corrected chi connectivity index (χ2v) is 8.86. The number of para-hydroxylation sites is 1. The van der Waals surface area contributed by atoms with Crippen LogP contribution >= 0.6 is 0 Å². The molecule has 3 aromatic carbocycles. The number of imidazole rings is 1. The molecular formula is C30H35N2+. The summed E-state index contributed by atoms with van der Waals surface area (Å²) in [6, 6.07) is 21.2. The van der Waals surface area contributed by atoms with Gasteiger partial charge >= 0.3 is 0 Å². The Balaban J connectivity index is 2.14. The molecule has 0 aliphatic carbocycles. The Morgan fingerprint density at radius 2 is 1.53 bits per heavy atom. The van der Waals surface area contributed by atoms with Crippen LogP contribution in [0.15, 0.2) is 72.9 Å². The third-order valence-corrected chi connectivity index (χ3v) is 6.05. The van der Waals surface area contributed by atoms with Gasteiger partial charge in [0.25, 0.3) is 5.82 Å². The lowest BCUT2D eigenvalue weighted by Gasteiger charge is -2.18. The summed E-state index contributed by atoms with van der Waals surface area (Å²) in [7, 11) is 2.01. The predicted octanol–water partition coefficient (Wildman–Crippen LogP) is 7.50. The standard InChI is InChI=1S/C30H35N2/c1-20(2)25-14-11-15-26(21(3)4)29(25)32-19-28(24-12-9-8-10-13-24)31(7)30(32)27-17-16-22(5)18-23(27)6/h8-21H,1-7H3/q+1/i5D3,20D,21D. The van der Waals surface area contributed by atoms with Gasteiger partial charge in [0.1, 0.15) is 11.9 Å². The summed E-state index contributed by atoms with van der Waals surface area (Å²) in [6.07, 6.45) is 2.07. The van der Waals surface area contributed by atoms with E-state index in [1.165, 1.54) is 0 Å². The lowest BCUT2D eigenvalue weighted by molar-refractivity contribution is -0.584. The molecule has 0 unspecified atom stereocenters. The molecule has 4 rings (SSSR count). The van der Waals surface area contributed by atoms with E-state index in [0.717, 1.165) is 45.0 Å². The Morgan fingerprint density at radius 1 is 0.875 bits per heavy atom. The van der Waals surface area contributed by atoms with E-state index < -0.39 is 18.6 Å². The van der Waals surface area contributed by atoms with Crippen molar-refractivity contribution >= 4 is 0 Å². The summed E-state index contributed by atoms with van der Waals surface area (Å²) < 4.78 is 45.7. The number of rotatable bonds is 5. The minimum Gasteiger partial charge on any atom is -0.225 e. The summed E-state index contributed by atoms with van der Waals surface area (Å²) >= 11 is 0. The van der Waals surface area contributed by atoms with E-state index >= 15 is 0 Å². The van der Waals surface area contributed by atoms with Crippen LogP contribution < -0.4 is 4.57 Å². The number of hydrogen-bond acceptors (Lipinski definition) is 0. The number of benzene rings is 3. The second kappa shape index (κ2) is 8.78. The van der Waals surface area contributed by atoms with E-state index in [2.05, 4.69) is 27.5 Å². The van der Waals surface area contributed by atoms with Crippen molar-refractivity contribution in [2.45, 2.75) is 53.3 Å². The molecule has 1 heterocycles. The Kier molecular flexibility index (Phi) is 4.53. The van der Waals surface area contributed by atoms with Gasteiger partial charge in [-0.1, -0.05) is 93.9 Å². The van der Waals surface area contributed by atoms with Crippen LogP contribution in [0.1, 0.15) is 68.6 Å². The van der Waals surface area contributed by atoms with Crippen LogP contribution in [-0.4, -0.2) is 4.57 Å². The van der Waals surface area contributed by atoms with Gasteiger partial charge < -0.3 is 0 Å². The lowest BCUT2D eigenvalue weighted by atomic mass is 9.92. The Bertz CT molecular complexity index is 1400. The molecule has 0 radical (unpaired) electrons. The fraction of sp³-hybridized carbons (Fsp3) is 0.300. The summed E-state index contributed by atoms with van der Waals surface area (Å²) in [4.78, 5) is 0. The molecule has 2 heteroatoms. The maximum Gasteiger partial charge on any atom is 0.294 e. The molecule has 0 saturated carbocycles. The first-order valence-corrected chi connectivity index (χ1v) is 11.0. The Labute approximate surface area is 200 Å². The molecule has 164 valence electrons. The van der Waals surface area contributed by atoms with Gasteiger partial charge in [-0.25, -0.2) is 4.57 Å². The third kappa shape index (κ3) is 3.90. The van der Waals surface area contributed by atoms with E-state index in [4.69, 9.17) is 6.85 Å². The quantitative estimate of drug-likeness (QED) is 0.291. The average molecular weight is 429 g/mol. The van der Waals surface area contributed by atoms with Gasteiger partial charge in [-0.2, -0.15) is 4.57 Å². The maximum absolute atomic E-state index is 8.96. The third-order valence-electron chi connectivity index (χ3n) is 6.05. The van der Waals surface area contributed by atoms with Gasteiger partial charge in [-0.15, -0.1) is 0 Å². The zero-order chi connectivity index (χ0) is 27.3. The first-order chi connectivity index (χ1) is 17.1. The van der Waals surface area contributed by atoms with Crippen LogP contribution in [0.5, 0.6) is 0 Å². The summed E-state index contributed by atoms with van der Waals surface area (Å²) in [5.41, 5.74) is 6.50. The highest BCUT2D eigenvalue weighted by atomic mass is 15.2. The Hall–Kier alpha value is -3.13. The number of aromatic nitrogens is 2. The van der Waals surface area contributed by atoms with Gasteiger partial charge in [0.05, 0.1) is 12.6 Å². The van der Waals surface area contributed by atoms with Crippen LogP contribution in [0.2, 0.25) is 0 Å². The van der Waals surface area contributed by atoms with Crippen LogP contribution in [-0.2, 0) is 7.05 Å². The molecule has 0 fully saturated rings. The van der Waals surface area contributed by atoms with Crippen LogP contribution in [0.3, 0.4) is 0 Å². The van der Waals surface area contributed by atoms with Crippen molar-refractivity contribution in [2.24, 2.45) is 7.05 Å². The summed E-state index contributed by atoms with van der Waals surface area (Å²) in [6.45, 7) is 7.20. The average Bonchev–Trinajstić information content (AvgIpc) is 3.14. The molecular weight excluding hydrogens is 388 g/mol. The van der Waals surface area contributed by atoms with Crippen molar-refractivity contribution in [2.75, 3.05) is 0 Å². The molecule has 0 aliphatic rings. The highest BCUT2D eigenvalue weighted by Gasteiger charge is 2.30. The zero-order valence-corrected chi connectivity index (χ0v) is 19.8.